The molecule has 1 heterocycles. The van der Waals surface area contributed by atoms with E-state index in [9.17, 15) is 13.2 Å². The third-order valence-electron chi connectivity index (χ3n) is 5.08. The minimum Gasteiger partial charge on any atom is -0.307 e. The van der Waals surface area contributed by atoms with Gasteiger partial charge in [-0.25, -0.2) is 13.2 Å². The van der Waals surface area contributed by atoms with Crippen LogP contribution in [-0.2, 0) is 10.0 Å². The lowest BCUT2D eigenvalue weighted by Crippen LogP contribution is -2.32. The van der Waals surface area contributed by atoms with Crippen LogP contribution in [0, 0.1) is 0 Å². The minimum absolute atomic E-state index is 0.208. The molecule has 3 aromatic rings. The summed E-state index contributed by atoms with van der Waals surface area (Å²) in [6, 6.07) is 21.5. The summed E-state index contributed by atoms with van der Waals surface area (Å²) in [5.41, 5.74) is 2.14. The number of fused-ring (bicyclic) bond motifs is 2. The van der Waals surface area contributed by atoms with Gasteiger partial charge in [-0.05, 0) is 48.5 Å². The van der Waals surface area contributed by atoms with Gasteiger partial charge in [-0.3, -0.25) is 4.90 Å². The predicted molar refractivity (Wildman–Crippen MR) is 125 cm³/mol. The maximum absolute atomic E-state index is 13.3. The van der Waals surface area contributed by atoms with Crippen molar-refractivity contribution >= 4 is 44.9 Å². The van der Waals surface area contributed by atoms with Crippen molar-refractivity contribution in [2.75, 3.05) is 23.3 Å². The van der Waals surface area contributed by atoms with E-state index in [2.05, 4.69) is 5.32 Å². The normalized spacial score (nSPS) is 12.9. The molecule has 4 rings (SSSR count). The molecule has 0 aliphatic carbocycles. The average Bonchev–Trinajstić information content (AvgIpc) is 2.78. The van der Waals surface area contributed by atoms with E-state index < -0.39 is 10.0 Å². The topological polar surface area (TPSA) is 69.7 Å². The number of carbonyl (C=O) groups excluding carboxylic acids is 1. The van der Waals surface area contributed by atoms with Crippen LogP contribution in [-0.4, -0.2) is 31.8 Å². The second-order valence-electron chi connectivity index (χ2n) is 6.92. The third kappa shape index (κ3) is 4.06. The zero-order chi connectivity index (χ0) is 22.0. The van der Waals surface area contributed by atoms with Crippen molar-refractivity contribution in [1.29, 1.82) is 0 Å². The fourth-order valence-corrected chi connectivity index (χ4v) is 6.04. The van der Waals surface area contributed by atoms with Gasteiger partial charge in [-0.15, -0.1) is 0 Å². The van der Waals surface area contributed by atoms with Gasteiger partial charge in [0.25, 0.3) is 0 Å². The van der Waals surface area contributed by atoms with Gasteiger partial charge in [0, 0.05) is 28.6 Å². The molecule has 31 heavy (non-hydrogen) atoms. The highest BCUT2D eigenvalue weighted by molar-refractivity contribution is 7.99. The second kappa shape index (κ2) is 8.74. The van der Waals surface area contributed by atoms with Crippen molar-refractivity contribution in [1.82, 2.24) is 4.31 Å². The molecule has 1 aliphatic heterocycles. The van der Waals surface area contributed by atoms with Crippen molar-refractivity contribution in [2.45, 2.75) is 28.5 Å². The number of para-hydroxylation sites is 2. The van der Waals surface area contributed by atoms with Crippen LogP contribution in [0.3, 0.4) is 0 Å². The lowest BCUT2D eigenvalue weighted by Gasteiger charge is -2.31. The van der Waals surface area contributed by atoms with Crippen LogP contribution < -0.4 is 10.2 Å². The standard InChI is InChI=1S/C23H23N3O3S2/c1-3-25(4-2)31(28,29)18-15-13-17(14-16-18)24-23(27)26-19-9-5-7-11-21(19)30-22-12-8-6-10-20(22)26/h5-16H,3-4H2,1-2H3,(H,24,27). The Kier molecular flexibility index (Phi) is 6.04. The van der Waals surface area contributed by atoms with Gasteiger partial charge in [-0.1, -0.05) is 49.9 Å². The summed E-state index contributed by atoms with van der Waals surface area (Å²) < 4.78 is 26.8. The molecular formula is C23H23N3O3S2. The summed E-state index contributed by atoms with van der Waals surface area (Å²) in [6.07, 6.45) is 0. The number of anilines is 3. The molecule has 0 saturated heterocycles. The fourth-order valence-electron chi connectivity index (χ4n) is 3.53. The molecule has 0 fully saturated rings. The van der Waals surface area contributed by atoms with Crippen LogP contribution in [0.2, 0.25) is 0 Å². The van der Waals surface area contributed by atoms with E-state index in [-0.39, 0.29) is 10.9 Å². The molecule has 3 aromatic carbocycles. The lowest BCUT2D eigenvalue weighted by atomic mass is 10.2. The van der Waals surface area contributed by atoms with Crippen molar-refractivity contribution in [3.63, 3.8) is 0 Å². The third-order valence-corrected chi connectivity index (χ3v) is 8.28. The van der Waals surface area contributed by atoms with E-state index in [1.165, 1.54) is 16.4 Å². The number of sulfonamides is 1. The smallest absolute Gasteiger partial charge is 0.307 e. The number of rotatable bonds is 5. The molecule has 0 unspecified atom stereocenters. The van der Waals surface area contributed by atoms with Crippen molar-refractivity contribution in [3.05, 3.63) is 72.8 Å². The molecule has 1 N–H and O–H groups in total. The molecular weight excluding hydrogens is 430 g/mol. The van der Waals surface area contributed by atoms with Gasteiger partial charge >= 0.3 is 6.03 Å². The van der Waals surface area contributed by atoms with Crippen LogP contribution in [0.25, 0.3) is 0 Å². The molecule has 6 nitrogen and oxygen atoms in total. The number of urea groups is 1. The maximum Gasteiger partial charge on any atom is 0.331 e. The van der Waals surface area contributed by atoms with Crippen LogP contribution in [0.15, 0.2) is 87.5 Å². The highest BCUT2D eigenvalue weighted by atomic mass is 32.2. The molecule has 0 spiro atoms. The molecule has 0 atom stereocenters. The summed E-state index contributed by atoms with van der Waals surface area (Å²) in [6.45, 7) is 4.43. The van der Waals surface area contributed by atoms with E-state index in [1.807, 2.05) is 62.4 Å². The largest absolute Gasteiger partial charge is 0.331 e. The fraction of sp³-hybridized carbons (Fsp3) is 0.174. The zero-order valence-electron chi connectivity index (χ0n) is 17.3. The molecule has 0 radical (unpaired) electrons. The predicted octanol–water partition coefficient (Wildman–Crippen LogP) is 5.55. The summed E-state index contributed by atoms with van der Waals surface area (Å²) in [5.74, 6) is 0. The number of benzene rings is 3. The number of carbonyl (C=O) groups is 1. The molecule has 0 saturated carbocycles. The summed E-state index contributed by atoms with van der Waals surface area (Å²) in [7, 11) is -3.54. The van der Waals surface area contributed by atoms with E-state index in [4.69, 9.17) is 0 Å². The Morgan fingerprint density at radius 3 is 1.90 bits per heavy atom. The number of hydrogen-bond acceptors (Lipinski definition) is 4. The number of hydrogen-bond donors (Lipinski definition) is 1. The number of amides is 2. The van der Waals surface area contributed by atoms with Crippen molar-refractivity contribution < 1.29 is 13.2 Å². The zero-order valence-corrected chi connectivity index (χ0v) is 18.9. The maximum atomic E-state index is 13.3. The minimum atomic E-state index is -3.54. The molecule has 1 aliphatic rings. The molecule has 0 aromatic heterocycles. The van der Waals surface area contributed by atoms with Crippen molar-refractivity contribution in [2.24, 2.45) is 0 Å². The first-order valence-corrected chi connectivity index (χ1v) is 12.3. The van der Waals surface area contributed by atoms with Crippen LogP contribution >= 0.6 is 11.8 Å². The average molecular weight is 454 g/mol. The van der Waals surface area contributed by atoms with Gasteiger partial charge in [0.1, 0.15) is 0 Å². The van der Waals surface area contributed by atoms with Gasteiger partial charge in [-0.2, -0.15) is 4.31 Å². The number of nitrogens with zero attached hydrogens (tertiary/aromatic N) is 2. The van der Waals surface area contributed by atoms with Gasteiger partial charge in [0.15, 0.2) is 0 Å². The van der Waals surface area contributed by atoms with E-state index in [0.29, 0.717) is 18.8 Å². The van der Waals surface area contributed by atoms with Gasteiger partial charge < -0.3 is 5.32 Å². The Morgan fingerprint density at radius 1 is 0.871 bits per heavy atom. The molecule has 8 heteroatoms. The van der Waals surface area contributed by atoms with Gasteiger partial charge in [0.05, 0.1) is 16.3 Å². The first-order chi connectivity index (χ1) is 15.0. The highest BCUT2D eigenvalue weighted by Gasteiger charge is 2.28. The van der Waals surface area contributed by atoms with E-state index in [0.717, 1.165) is 21.2 Å². The summed E-state index contributed by atoms with van der Waals surface area (Å²) in [4.78, 5) is 17.1. The Morgan fingerprint density at radius 2 is 1.39 bits per heavy atom. The lowest BCUT2D eigenvalue weighted by molar-refractivity contribution is 0.259. The summed E-state index contributed by atoms with van der Waals surface area (Å²) in [5, 5.41) is 2.90. The Hall–Kier alpha value is -2.81. The monoisotopic (exact) mass is 453 g/mol. The van der Waals surface area contributed by atoms with E-state index >= 15 is 0 Å². The van der Waals surface area contributed by atoms with Crippen molar-refractivity contribution in [3.8, 4) is 0 Å². The van der Waals surface area contributed by atoms with E-state index in [1.54, 1.807) is 28.8 Å². The quantitative estimate of drug-likeness (QED) is 0.550. The Balaban J connectivity index is 1.61. The summed E-state index contributed by atoms with van der Waals surface area (Å²) >= 11 is 1.63. The van der Waals surface area contributed by atoms with Crippen LogP contribution in [0.5, 0.6) is 0 Å². The van der Waals surface area contributed by atoms with Crippen LogP contribution in [0.1, 0.15) is 13.8 Å². The van der Waals surface area contributed by atoms with Crippen LogP contribution in [0.4, 0.5) is 21.9 Å². The molecule has 160 valence electrons. The first kappa shape index (κ1) is 21.4. The number of nitrogens with one attached hydrogen (secondary N) is 1. The SMILES string of the molecule is CCN(CC)S(=O)(=O)c1ccc(NC(=O)N2c3ccccc3Sc3ccccc32)cc1. The molecule has 2 amide bonds. The highest BCUT2D eigenvalue weighted by Crippen LogP contribution is 2.48. The Bertz CT molecular complexity index is 1160. The Labute approximate surface area is 186 Å². The molecule has 0 bridgehead atoms. The first-order valence-electron chi connectivity index (χ1n) is 10.0. The second-order valence-corrected chi connectivity index (χ2v) is 9.94. The van der Waals surface area contributed by atoms with Gasteiger partial charge in [0.2, 0.25) is 10.0 Å².